The number of rotatable bonds is 6. The smallest absolute Gasteiger partial charge is 0.151 e. The van der Waals surface area contributed by atoms with E-state index in [0.717, 1.165) is 6.26 Å². The first-order valence-electron chi connectivity index (χ1n) is 8.48. The lowest BCUT2D eigenvalue weighted by Gasteiger charge is -2.17. The first-order valence-corrected chi connectivity index (χ1v) is 10.9. The van der Waals surface area contributed by atoms with Gasteiger partial charge in [0.15, 0.2) is 9.84 Å². The molecule has 3 aromatic rings. The average Bonchev–Trinajstić information content (AvgIpc) is 2.99. The number of nitrogens with zero attached hydrogens (tertiary/aromatic N) is 1. The Bertz CT molecular complexity index is 1180. The molecule has 2 aromatic carbocycles. The molecular weight excluding hydrogens is 406 g/mol. The largest absolute Gasteiger partial charge is 0.361 e. The molecule has 0 saturated carbocycles. The van der Waals surface area contributed by atoms with Crippen LogP contribution in [-0.4, -0.2) is 19.7 Å². The van der Waals surface area contributed by atoms with E-state index in [9.17, 15) is 17.2 Å². The van der Waals surface area contributed by atoms with Crippen LogP contribution in [0.1, 0.15) is 35.4 Å². The second-order valence-electron chi connectivity index (χ2n) is 6.72. The molecule has 146 valence electrons. The summed E-state index contributed by atoms with van der Waals surface area (Å²) in [5.41, 5.74) is 1.73. The Labute approximate surface area is 166 Å². The van der Waals surface area contributed by atoms with E-state index in [1.54, 1.807) is 18.3 Å². The molecule has 0 amide bonds. The van der Waals surface area contributed by atoms with Gasteiger partial charge in [0.05, 0.1) is 17.3 Å². The molecule has 0 fully saturated rings. The summed E-state index contributed by atoms with van der Waals surface area (Å²) in [7, 11) is -3.38. The summed E-state index contributed by atoms with van der Waals surface area (Å²) in [6, 6.07) is 8.83. The lowest BCUT2D eigenvalue weighted by Crippen LogP contribution is -2.04. The summed E-state index contributed by atoms with van der Waals surface area (Å²) in [5.74, 6) is -1.93. The van der Waals surface area contributed by atoms with Gasteiger partial charge >= 0.3 is 0 Å². The first-order chi connectivity index (χ1) is 13.2. The average molecular weight is 423 g/mol. The lowest BCUT2D eigenvalue weighted by molar-refractivity contribution is 0.588. The Morgan fingerprint density at radius 3 is 2.61 bits per heavy atom. The van der Waals surface area contributed by atoms with Gasteiger partial charge in [-0.05, 0) is 47.4 Å². The van der Waals surface area contributed by atoms with E-state index in [2.05, 4.69) is 11.1 Å². The van der Waals surface area contributed by atoms with Gasteiger partial charge in [-0.1, -0.05) is 17.7 Å². The predicted molar refractivity (Wildman–Crippen MR) is 105 cm³/mol. The molecule has 0 aliphatic carbocycles. The van der Waals surface area contributed by atoms with Crippen LogP contribution in [0.15, 0.2) is 36.5 Å². The number of hydrogen-bond acceptors (Lipinski definition) is 3. The number of nitriles is 1. The van der Waals surface area contributed by atoms with Crippen molar-refractivity contribution in [3.63, 3.8) is 0 Å². The Morgan fingerprint density at radius 2 is 1.96 bits per heavy atom. The minimum Gasteiger partial charge on any atom is -0.361 e. The quantitative estimate of drug-likeness (QED) is 0.602. The molecule has 1 aromatic heterocycles. The number of fused-ring (bicyclic) bond motifs is 1. The standard InChI is InChI=1S/C20H17ClF2N2O2S/c1-28(26,27)11-12-7-14(22)9-17-18(10-25-20(12)17)15(3-2-6-24)16-5-4-13(21)8-19(16)23/h4-5,7-10,15,25H,2-3,11H2,1H3. The molecule has 3 rings (SSSR count). The first kappa shape index (κ1) is 20.3. The monoisotopic (exact) mass is 422 g/mol. The SMILES string of the molecule is CS(=O)(=O)Cc1cc(F)cc2c(C(CCC#N)c3ccc(Cl)cc3F)c[nH]c12. The number of aromatic amines is 1. The van der Waals surface area contributed by atoms with Crippen LogP contribution in [0.4, 0.5) is 8.78 Å². The molecule has 0 bridgehead atoms. The highest BCUT2D eigenvalue weighted by Gasteiger charge is 2.23. The van der Waals surface area contributed by atoms with Gasteiger partial charge in [0.1, 0.15) is 11.6 Å². The zero-order valence-corrected chi connectivity index (χ0v) is 16.5. The van der Waals surface area contributed by atoms with E-state index in [1.165, 1.54) is 18.2 Å². The topological polar surface area (TPSA) is 73.7 Å². The van der Waals surface area contributed by atoms with Crippen molar-refractivity contribution in [1.29, 1.82) is 5.26 Å². The Kier molecular flexibility index (Phi) is 5.73. The normalized spacial score (nSPS) is 12.8. The van der Waals surface area contributed by atoms with Crippen molar-refractivity contribution in [2.45, 2.75) is 24.5 Å². The molecule has 0 aliphatic rings. The third-order valence-electron chi connectivity index (χ3n) is 4.54. The van der Waals surface area contributed by atoms with Gasteiger partial charge in [0, 0.05) is 35.2 Å². The molecule has 1 heterocycles. The summed E-state index contributed by atoms with van der Waals surface area (Å²) in [6.07, 6.45) is 3.18. The molecule has 0 spiro atoms. The van der Waals surface area contributed by atoms with Crippen LogP contribution in [0, 0.1) is 23.0 Å². The van der Waals surface area contributed by atoms with Crippen LogP contribution in [0.3, 0.4) is 0 Å². The number of sulfone groups is 1. The number of halogens is 3. The second kappa shape index (κ2) is 7.90. The zero-order chi connectivity index (χ0) is 20.5. The molecule has 0 aliphatic heterocycles. The van der Waals surface area contributed by atoms with E-state index in [4.69, 9.17) is 16.9 Å². The van der Waals surface area contributed by atoms with Gasteiger partial charge in [-0.15, -0.1) is 0 Å². The van der Waals surface area contributed by atoms with Gasteiger partial charge in [-0.2, -0.15) is 5.26 Å². The predicted octanol–water partition coefficient (Wildman–Crippen LogP) is 5.08. The minimum atomic E-state index is -3.38. The third-order valence-corrected chi connectivity index (χ3v) is 5.61. The molecule has 1 N–H and O–H groups in total. The van der Waals surface area contributed by atoms with Gasteiger partial charge in [-0.3, -0.25) is 0 Å². The van der Waals surface area contributed by atoms with E-state index in [1.807, 2.05) is 0 Å². The second-order valence-corrected chi connectivity index (χ2v) is 9.29. The van der Waals surface area contributed by atoms with E-state index >= 15 is 0 Å². The third kappa shape index (κ3) is 4.34. The van der Waals surface area contributed by atoms with Crippen LogP contribution in [0.5, 0.6) is 0 Å². The summed E-state index contributed by atoms with van der Waals surface area (Å²) < 4.78 is 52.2. The van der Waals surface area contributed by atoms with Crippen LogP contribution < -0.4 is 0 Å². The number of H-pyrrole nitrogens is 1. The van der Waals surface area contributed by atoms with Gasteiger partial charge < -0.3 is 4.98 Å². The highest BCUT2D eigenvalue weighted by atomic mass is 35.5. The maximum Gasteiger partial charge on any atom is 0.151 e. The Morgan fingerprint density at radius 1 is 1.21 bits per heavy atom. The minimum absolute atomic E-state index is 0.172. The molecule has 4 nitrogen and oxygen atoms in total. The number of benzene rings is 2. The van der Waals surface area contributed by atoms with Crippen LogP contribution >= 0.6 is 11.6 Å². The van der Waals surface area contributed by atoms with Crippen LogP contribution in [0.2, 0.25) is 5.02 Å². The fraction of sp³-hybridized carbons (Fsp3) is 0.250. The van der Waals surface area contributed by atoms with E-state index < -0.39 is 27.4 Å². The molecule has 1 atom stereocenters. The molecule has 0 saturated heterocycles. The van der Waals surface area contributed by atoms with E-state index in [-0.39, 0.29) is 17.2 Å². The van der Waals surface area contributed by atoms with Crippen molar-refractivity contribution < 1.29 is 17.2 Å². The van der Waals surface area contributed by atoms with Gasteiger partial charge in [0.25, 0.3) is 0 Å². The van der Waals surface area contributed by atoms with Crippen molar-refractivity contribution in [3.05, 3.63) is 69.9 Å². The fourth-order valence-electron chi connectivity index (χ4n) is 3.45. The Hall–Kier alpha value is -2.43. The van der Waals surface area contributed by atoms with Crippen molar-refractivity contribution >= 4 is 32.3 Å². The molecule has 8 heteroatoms. The van der Waals surface area contributed by atoms with Crippen LogP contribution in [0.25, 0.3) is 10.9 Å². The lowest BCUT2D eigenvalue weighted by atomic mass is 9.87. The molecular formula is C20H17ClF2N2O2S. The Balaban J connectivity index is 2.19. The van der Waals surface area contributed by atoms with Crippen molar-refractivity contribution in [2.75, 3.05) is 6.26 Å². The highest BCUT2D eigenvalue weighted by Crippen LogP contribution is 2.37. The number of nitrogens with one attached hydrogen (secondary N) is 1. The van der Waals surface area contributed by atoms with Crippen molar-refractivity contribution in [1.82, 2.24) is 4.98 Å². The summed E-state index contributed by atoms with van der Waals surface area (Å²) >= 11 is 5.84. The fourth-order valence-corrected chi connectivity index (χ4v) is 4.40. The maximum absolute atomic E-state index is 14.6. The van der Waals surface area contributed by atoms with Gasteiger partial charge in [0.2, 0.25) is 0 Å². The van der Waals surface area contributed by atoms with Crippen molar-refractivity contribution in [3.8, 4) is 6.07 Å². The van der Waals surface area contributed by atoms with E-state index in [0.29, 0.717) is 34.0 Å². The van der Waals surface area contributed by atoms with Gasteiger partial charge in [-0.25, -0.2) is 17.2 Å². The number of aromatic nitrogens is 1. The summed E-state index contributed by atoms with van der Waals surface area (Å²) in [5, 5.41) is 9.72. The summed E-state index contributed by atoms with van der Waals surface area (Å²) in [4.78, 5) is 3.00. The molecule has 28 heavy (non-hydrogen) atoms. The summed E-state index contributed by atoms with van der Waals surface area (Å²) in [6.45, 7) is 0. The zero-order valence-electron chi connectivity index (χ0n) is 15.0. The number of hydrogen-bond donors (Lipinski definition) is 1. The maximum atomic E-state index is 14.6. The molecule has 0 radical (unpaired) electrons. The van der Waals surface area contributed by atoms with Crippen molar-refractivity contribution in [2.24, 2.45) is 0 Å². The van der Waals surface area contributed by atoms with Crippen LogP contribution in [-0.2, 0) is 15.6 Å². The highest BCUT2D eigenvalue weighted by molar-refractivity contribution is 7.89. The molecule has 1 unspecified atom stereocenters.